The molecule has 1 aliphatic rings. The highest BCUT2D eigenvalue weighted by Gasteiger charge is 2.46. The molecule has 1 saturated carbocycles. The zero-order chi connectivity index (χ0) is 13.1. The molecule has 4 unspecified atom stereocenters. The Morgan fingerprint density at radius 3 is 2.24 bits per heavy atom. The van der Waals surface area contributed by atoms with Crippen LogP contribution < -0.4 is 0 Å². The van der Waals surface area contributed by atoms with Crippen LogP contribution in [0.4, 0.5) is 0 Å². The fourth-order valence-electron chi connectivity index (χ4n) is 3.43. The summed E-state index contributed by atoms with van der Waals surface area (Å²) in [4.78, 5) is 0. The van der Waals surface area contributed by atoms with Crippen molar-refractivity contribution in [2.24, 2.45) is 16.7 Å². The quantitative estimate of drug-likeness (QED) is 0.512. The fourth-order valence-corrected chi connectivity index (χ4v) is 5.16. The van der Waals surface area contributed by atoms with Gasteiger partial charge in [-0.1, -0.05) is 54.4 Å². The number of hydrogen-bond acceptors (Lipinski definition) is 0. The third-order valence-corrected chi connectivity index (χ3v) is 7.70. The van der Waals surface area contributed by atoms with E-state index in [9.17, 15) is 0 Å². The van der Waals surface area contributed by atoms with E-state index >= 15 is 0 Å². The van der Waals surface area contributed by atoms with Gasteiger partial charge in [-0.05, 0) is 47.8 Å². The van der Waals surface area contributed by atoms with Crippen molar-refractivity contribution in [2.45, 2.75) is 79.3 Å². The van der Waals surface area contributed by atoms with Gasteiger partial charge >= 0.3 is 0 Å². The summed E-state index contributed by atoms with van der Waals surface area (Å²) < 4.78 is 0. The first-order chi connectivity index (χ1) is 7.91. The molecule has 0 N–H and O–H groups in total. The maximum absolute atomic E-state index is 2.57. The molecule has 0 saturated heterocycles. The Bertz CT molecular complexity index is 232. The molecule has 0 radical (unpaired) electrons. The number of hydrogen-bond donors (Lipinski definition) is 0. The minimum absolute atomic E-state index is 0.581. The molecular weight excluding hydrogens is 223 g/mol. The summed E-state index contributed by atoms with van der Waals surface area (Å²) in [6.45, 7) is 14.7. The third kappa shape index (κ3) is 3.25. The molecule has 0 bridgehead atoms. The van der Waals surface area contributed by atoms with E-state index in [2.05, 4.69) is 41.5 Å². The van der Waals surface area contributed by atoms with Crippen LogP contribution in [0, 0.1) is 16.7 Å². The van der Waals surface area contributed by atoms with Crippen LogP contribution in [0.3, 0.4) is 0 Å². The molecule has 1 rings (SSSR count). The molecule has 4 atom stereocenters. The molecular formula is C16H33P. The van der Waals surface area contributed by atoms with Crippen LogP contribution in [0.2, 0.25) is 0 Å². The standard InChI is InChI=1S/C16H33P/c1-7-15(5,8-2)12-13(4)16(6)11-10-14(16)17-9-3/h13-14,17H,7-12H2,1-6H3. The van der Waals surface area contributed by atoms with Crippen LogP contribution in [0.25, 0.3) is 0 Å². The summed E-state index contributed by atoms with van der Waals surface area (Å²) in [6, 6.07) is 0. The van der Waals surface area contributed by atoms with Gasteiger partial charge in [0.25, 0.3) is 0 Å². The first kappa shape index (κ1) is 15.5. The average molecular weight is 256 g/mol. The smallest absolute Gasteiger partial charge is 0.0180 e. The van der Waals surface area contributed by atoms with Gasteiger partial charge in [-0.25, -0.2) is 0 Å². The van der Waals surface area contributed by atoms with Gasteiger partial charge in [-0.3, -0.25) is 0 Å². The zero-order valence-electron chi connectivity index (χ0n) is 12.9. The SMILES string of the molecule is CCPC1CCC1(C)C(C)CC(C)(CC)CC. The van der Waals surface area contributed by atoms with Crippen molar-refractivity contribution in [1.29, 1.82) is 0 Å². The van der Waals surface area contributed by atoms with Crippen LogP contribution in [0.1, 0.15) is 73.6 Å². The Balaban J connectivity index is 2.60. The van der Waals surface area contributed by atoms with E-state index in [1.807, 2.05) is 0 Å². The Hall–Kier alpha value is 0.430. The molecule has 0 heterocycles. The predicted molar refractivity (Wildman–Crippen MR) is 82.5 cm³/mol. The fraction of sp³-hybridized carbons (Fsp3) is 1.00. The highest BCUT2D eigenvalue weighted by Crippen LogP contribution is 2.57. The van der Waals surface area contributed by atoms with Crippen LogP contribution in [-0.2, 0) is 0 Å². The van der Waals surface area contributed by atoms with E-state index in [1.54, 1.807) is 0 Å². The molecule has 0 aromatic carbocycles. The van der Waals surface area contributed by atoms with Crippen molar-refractivity contribution in [3.05, 3.63) is 0 Å². The summed E-state index contributed by atoms with van der Waals surface area (Å²) >= 11 is 0. The van der Waals surface area contributed by atoms with E-state index in [-0.39, 0.29) is 0 Å². The van der Waals surface area contributed by atoms with Crippen molar-refractivity contribution in [3.63, 3.8) is 0 Å². The van der Waals surface area contributed by atoms with E-state index in [0.29, 0.717) is 10.8 Å². The van der Waals surface area contributed by atoms with Gasteiger partial charge in [0.1, 0.15) is 0 Å². The summed E-state index contributed by atoms with van der Waals surface area (Å²) in [5.74, 6) is 0.908. The summed E-state index contributed by atoms with van der Waals surface area (Å²) in [5.41, 5.74) is 2.29. The maximum atomic E-state index is 2.57. The molecule has 1 heteroatoms. The minimum Gasteiger partial charge on any atom is -0.119 e. The molecule has 1 fully saturated rings. The molecule has 1 aliphatic carbocycles. The van der Waals surface area contributed by atoms with Gasteiger partial charge < -0.3 is 0 Å². The first-order valence-electron chi connectivity index (χ1n) is 7.65. The van der Waals surface area contributed by atoms with E-state index in [1.165, 1.54) is 46.8 Å². The molecule has 17 heavy (non-hydrogen) atoms. The Morgan fingerprint density at radius 1 is 1.29 bits per heavy atom. The van der Waals surface area contributed by atoms with Gasteiger partial charge in [-0.2, -0.15) is 0 Å². The van der Waals surface area contributed by atoms with Crippen molar-refractivity contribution >= 4 is 8.58 Å². The lowest BCUT2D eigenvalue weighted by Crippen LogP contribution is -2.46. The molecule has 0 amide bonds. The summed E-state index contributed by atoms with van der Waals surface area (Å²) in [6.07, 6.45) is 8.49. The second kappa shape index (κ2) is 6.05. The molecule has 0 spiro atoms. The molecule has 0 aromatic heterocycles. The van der Waals surface area contributed by atoms with Crippen LogP contribution >= 0.6 is 8.58 Å². The third-order valence-electron chi connectivity index (χ3n) is 5.85. The highest BCUT2D eigenvalue weighted by atomic mass is 31.1. The zero-order valence-corrected chi connectivity index (χ0v) is 13.9. The molecule has 0 aliphatic heterocycles. The minimum atomic E-state index is 0.581. The Morgan fingerprint density at radius 2 is 1.88 bits per heavy atom. The van der Waals surface area contributed by atoms with Gasteiger partial charge in [0.2, 0.25) is 0 Å². The molecule has 0 aromatic rings. The monoisotopic (exact) mass is 256 g/mol. The van der Waals surface area contributed by atoms with Gasteiger partial charge in [0.05, 0.1) is 0 Å². The van der Waals surface area contributed by atoms with Crippen LogP contribution in [0.5, 0.6) is 0 Å². The predicted octanol–water partition coefficient (Wildman–Crippen LogP) is 5.71. The van der Waals surface area contributed by atoms with Crippen molar-refractivity contribution in [3.8, 4) is 0 Å². The van der Waals surface area contributed by atoms with Gasteiger partial charge in [0, 0.05) is 0 Å². The Labute approximate surface area is 111 Å². The molecule has 0 nitrogen and oxygen atoms in total. The van der Waals surface area contributed by atoms with E-state index in [4.69, 9.17) is 0 Å². The first-order valence-corrected chi connectivity index (χ1v) is 8.93. The normalized spacial score (nSPS) is 31.8. The summed E-state index contributed by atoms with van der Waals surface area (Å²) in [7, 11) is 1.21. The lowest BCUT2D eigenvalue weighted by atomic mass is 9.58. The summed E-state index contributed by atoms with van der Waals surface area (Å²) in [5, 5.41) is 0. The van der Waals surface area contributed by atoms with Crippen molar-refractivity contribution in [1.82, 2.24) is 0 Å². The maximum Gasteiger partial charge on any atom is -0.0180 e. The Kier molecular flexibility index (Phi) is 5.51. The topological polar surface area (TPSA) is 0 Å². The van der Waals surface area contributed by atoms with Gasteiger partial charge in [0.15, 0.2) is 0 Å². The number of rotatable bonds is 7. The van der Waals surface area contributed by atoms with Gasteiger partial charge in [-0.15, -0.1) is 8.58 Å². The van der Waals surface area contributed by atoms with E-state index < -0.39 is 0 Å². The lowest BCUT2D eigenvalue weighted by molar-refractivity contribution is 0.0521. The second-order valence-corrected chi connectivity index (χ2v) is 8.59. The second-order valence-electron chi connectivity index (χ2n) is 6.78. The molecule has 102 valence electrons. The average Bonchev–Trinajstić information content (AvgIpc) is 2.33. The van der Waals surface area contributed by atoms with E-state index in [0.717, 1.165) is 11.6 Å². The largest absolute Gasteiger partial charge is 0.119 e. The van der Waals surface area contributed by atoms with Crippen LogP contribution in [-0.4, -0.2) is 11.8 Å². The van der Waals surface area contributed by atoms with Crippen molar-refractivity contribution < 1.29 is 0 Å². The van der Waals surface area contributed by atoms with Crippen molar-refractivity contribution in [2.75, 3.05) is 6.16 Å². The lowest BCUT2D eigenvalue weighted by Gasteiger charge is -2.53. The van der Waals surface area contributed by atoms with Crippen LogP contribution in [0.15, 0.2) is 0 Å². The highest BCUT2D eigenvalue weighted by molar-refractivity contribution is 7.39.